The number of aromatic nitrogens is 2. The highest BCUT2D eigenvalue weighted by atomic mass is 35.5. The summed E-state index contributed by atoms with van der Waals surface area (Å²) in [5.74, 6) is 0.769. The SMILES string of the molecule is C[Si](C)(C)CCOCOc1ccc(Cl)c(Cl)c1C1CC(=S)N(c2cnn(C3COC3)c2)C1. The molecule has 0 N–H and O–H groups in total. The number of anilines is 1. The number of rotatable bonds is 9. The second-order valence-electron chi connectivity index (χ2n) is 9.53. The summed E-state index contributed by atoms with van der Waals surface area (Å²) in [5.41, 5.74) is 1.87. The minimum Gasteiger partial charge on any atom is -0.467 e. The van der Waals surface area contributed by atoms with Crippen molar-refractivity contribution in [3.05, 3.63) is 40.1 Å². The van der Waals surface area contributed by atoms with Crippen LogP contribution in [0, 0.1) is 0 Å². The molecule has 0 radical (unpaired) electrons. The summed E-state index contributed by atoms with van der Waals surface area (Å²) in [5, 5.41) is 5.52. The van der Waals surface area contributed by atoms with Crippen molar-refractivity contribution in [1.82, 2.24) is 9.78 Å². The van der Waals surface area contributed by atoms with Crippen LogP contribution in [0.15, 0.2) is 24.5 Å². The van der Waals surface area contributed by atoms with Crippen LogP contribution in [0.1, 0.15) is 23.9 Å². The molecule has 2 fully saturated rings. The van der Waals surface area contributed by atoms with Gasteiger partial charge < -0.3 is 19.1 Å². The van der Waals surface area contributed by atoms with Crippen molar-refractivity contribution in [2.45, 2.75) is 44.1 Å². The third-order valence-electron chi connectivity index (χ3n) is 5.81. The summed E-state index contributed by atoms with van der Waals surface area (Å²) < 4.78 is 18.9. The Labute approximate surface area is 205 Å². The first-order valence-electron chi connectivity index (χ1n) is 10.8. The lowest BCUT2D eigenvalue weighted by Gasteiger charge is -2.26. The third kappa shape index (κ3) is 5.48. The maximum atomic E-state index is 6.65. The van der Waals surface area contributed by atoms with Crippen LogP contribution >= 0.6 is 35.4 Å². The molecule has 1 unspecified atom stereocenters. The average Bonchev–Trinajstić information content (AvgIpc) is 3.29. The van der Waals surface area contributed by atoms with Gasteiger partial charge in [0.1, 0.15) is 5.75 Å². The van der Waals surface area contributed by atoms with Crippen molar-refractivity contribution in [2.24, 2.45) is 0 Å². The van der Waals surface area contributed by atoms with Crippen LogP contribution in [0.25, 0.3) is 0 Å². The molecule has 2 aliphatic rings. The molecule has 4 rings (SSSR count). The van der Waals surface area contributed by atoms with E-state index < -0.39 is 8.07 Å². The van der Waals surface area contributed by atoms with Gasteiger partial charge in [0, 0.05) is 45.3 Å². The van der Waals surface area contributed by atoms with E-state index in [1.807, 2.05) is 23.1 Å². The topological polar surface area (TPSA) is 48.8 Å². The first-order chi connectivity index (χ1) is 15.2. The van der Waals surface area contributed by atoms with Gasteiger partial charge in [-0.3, -0.25) is 4.68 Å². The second kappa shape index (κ2) is 9.99. The largest absolute Gasteiger partial charge is 0.467 e. The molecule has 1 aromatic carbocycles. The molecule has 1 aromatic heterocycles. The molecular formula is C22H29Cl2N3O3SSi. The number of thiocarbonyl (C=S) groups is 1. The van der Waals surface area contributed by atoms with E-state index in [4.69, 9.17) is 49.6 Å². The molecule has 0 bridgehead atoms. The van der Waals surface area contributed by atoms with Crippen molar-refractivity contribution >= 4 is 54.2 Å². The second-order valence-corrected chi connectivity index (χ2v) is 16.4. The Morgan fingerprint density at radius 2 is 2.03 bits per heavy atom. The van der Waals surface area contributed by atoms with E-state index in [0.717, 1.165) is 22.3 Å². The molecule has 0 spiro atoms. The van der Waals surface area contributed by atoms with E-state index in [1.54, 1.807) is 6.07 Å². The first kappa shape index (κ1) is 24.0. The lowest BCUT2D eigenvalue weighted by Crippen LogP contribution is -2.31. The number of nitrogens with zero attached hydrogens (tertiary/aromatic N) is 3. The van der Waals surface area contributed by atoms with Crippen LogP contribution in [0.4, 0.5) is 5.69 Å². The molecule has 32 heavy (non-hydrogen) atoms. The normalized spacial score (nSPS) is 19.5. The lowest BCUT2D eigenvalue weighted by atomic mass is 9.97. The minimum atomic E-state index is -1.14. The van der Waals surface area contributed by atoms with Gasteiger partial charge in [0.25, 0.3) is 0 Å². The monoisotopic (exact) mass is 513 g/mol. The van der Waals surface area contributed by atoms with Gasteiger partial charge >= 0.3 is 0 Å². The van der Waals surface area contributed by atoms with E-state index in [0.29, 0.717) is 54.6 Å². The van der Waals surface area contributed by atoms with E-state index in [9.17, 15) is 0 Å². The number of benzene rings is 1. The maximum Gasteiger partial charge on any atom is 0.189 e. The quantitative estimate of drug-likeness (QED) is 0.183. The Morgan fingerprint density at radius 3 is 2.72 bits per heavy atom. The standard InChI is InChI=1S/C22H29Cl2N3O3SSi/c1-32(2,3)7-6-28-14-30-19-5-4-18(23)22(24)21(19)15-8-20(31)26(10-15)16-9-25-27(11-16)17-12-29-13-17/h4-5,9,11,15,17H,6-8,10,12-14H2,1-3H3. The Hall–Kier alpha value is -1.16. The Morgan fingerprint density at radius 1 is 1.25 bits per heavy atom. The molecule has 3 heterocycles. The molecule has 2 aromatic rings. The van der Waals surface area contributed by atoms with Crippen molar-refractivity contribution in [3.8, 4) is 5.75 Å². The van der Waals surface area contributed by atoms with Gasteiger partial charge in [0.05, 0.1) is 46.2 Å². The molecule has 0 amide bonds. The highest BCUT2D eigenvalue weighted by Gasteiger charge is 2.34. The predicted molar refractivity (Wildman–Crippen MR) is 135 cm³/mol. The van der Waals surface area contributed by atoms with E-state index in [1.165, 1.54) is 0 Å². The summed E-state index contributed by atoms with van der Waals surface area (Å²) in [6.07, 6.45) is 4.58. The smallest absolute Gasteiger partial charge is 0.189 e. The highest BCUT2D eigenvalue weighted by molar-refractivity contribution is 7.80. The zero-order valence-corrected chi connectivity index (χ0v) is 22.0. The van der Waals surface area contributed by atoms with Crippen molar-refractivity contribution in [1.29, 1.82) is 0 Å². The van der Waals surface area contributed by atoms with Crippen LogP contribution in [0.3, 0.4) is 0 Å². The summed E-state index contributed by atoms with van der Waals surface area (Å²) >= 11 is 18.7. The van der Waals surface area contributed by atoms with Crippen molar-refractivity contribution in [3.63, 3.8) is 0 Å². The molecular weight excluding hydrogens is 485 g/mol. The van der Waals surface area contributed by atoms with Gasteiger partial charge in [-0.05, 0) is 18.2 Å². The van der Waals surface area contributed by atoms with Crippen LogP contribution < -0.4 is 9.64 Å². The summed E-state index contributed by atoms with van der Waals surface area (Å²) in [4.78, 5) is 2.97. The van der Waals surface area contributed by atoms with Gasteiger partial charge in [-0.15, -0.1) is 0 Å². The lowest BCUT2D eigenvalue weighted by molar-refractivity contribution is -0.0286. The molecule has 1 atom stereocenters. The fourth-order valence-electron chi connectivity index (χ4n) is 3.79. The van der Waals surface area contributed by atoms with Gasteiger partial charge in [-0.25, -0.2) is 0 Å². The maximum absolute atomic E-state index is 6.65. The van der Waals surface area contributed by atoms with E-state index in [-0.39, 0.29) is 12.7 Å². The van der Waals surface area contributed by atoms with E-state index in [2.05, 4.69) is 29.6 Å². The third-order valence-corrected chi connectivity index (χ3v) is 8.72. The van der Waals surface area contributed by atoms with Gasteiger partial charge in [-0.2, -0.15) is 5.10 Å². The van der Waals surface area contributed by atoms with Gasteiger partial charge in [0.2, 0.25) is 0 Å². The fourth-order valence-corrected chi connectivity index (χ4v) is 5.40. The van der Waals surface area contributed by atoms with E-state index >= 15 is 0 Å². The summed E-state index contributed by atoms with van der Waals surface area (Å²) in [6, 6.07) is 5.03. The van der Waals surface area contributed by atoms with Crippen LogP contribution in [-0.2, 0) is 9.47 Å². The average molecular weight is 515 g/mol. The molecule has 10 heteroatoms. The molecule has 2 saturated heterocycles. The van der Waals surface area contributed by atoms with Crippen LogP contribution in [0.5, 0.6) is 5.75 Å². The first-order valence-corrected chi connectivity index (χ1v) is 15.7. The molecule has 0 aliphatic carbocycles. The van der Waals surface area contributed by atoms with Gasteiger partial charge in [-0.1, -0.05) is 55.1 Å². The molecule has 0 saturated carbocycles. The zero-order chi connectivity index (χ0) is 22.9. The zero-order valence-electron chi connectivity index (χ0n) is 18.6. The number of ether oxygens (including phenoxy) is 3. The number of hydrogen-bond acceptors (Lipinski definition) is 5. The minimum absolute atomic E-state index is 0.0704. The van der Waals surface area contributed by atoms with Crippen LogP contribution in [0.2, 0.25) is 35.7 Å². The highest BCUT2D eigenvalue weighted by Crippen LogP contribution is 2.43. The van der Waals surface area contributed by atoms with Crippen LogP contribution in [-0.4, -0.2) is 56.0 Å². The summed E-state index contributed by atoms with van der Waals surface area (Å²) in [7, 11) is -1.14. The molecule has 174 valence electrons. The predicted octanol–water partition coefficient (Wildman–Crippen LogP) is 5.77. The summed E-state index contributed by atoms with van der Waals surface area (Å²) in [6.45, 7) is 9.96. The Bertz CT molecular complexity index is 978. The Kier molecular flexibility index (Phi) is 7.49. The van der Waals surface area contributed by atoms with Gasteiger partial charge in [0.15, 0.2) is 6.79 Å². The van der Waals surface area contributed by atoms with Crippen molar-refractivity contribution < 1.29 is 14.2 Å². The fraction of sp³-hybridized carbons (Fsp3) is 0.545. The number of hydrogen-bond donors (Lipinski definition) is 0. The number of halogens is 2. The molecule has 2 aliphatic heterocycles. The molecule has 6 nitrogen and oxygen atoms in total. The Balaban J connectivity index is 1.45. The van der Waals surface area contributed by atoms with Crippen molar-refractivity contribution in [2.75, 3.05) is 38.1 Å².